The first-order valence-electron chi connectivity index (χ1n) is 22.5. The lowest BCUT2D eigenvalue weighted by molar-refractivity contribution is 0.670. The summed E-state index contributed by atoms with van der Waals surface area (Å²) in [4.78, 5) is 2.51. The third kappa shape index (κ3) is 5.55. The SMILES string of the molecule is c1cc(-c2cccc3c2oc2ccccc23)cc(N(c2cc3ccccc3c3ccccc23)c2ccc(-c3cccc(-n4c5ccccc5c5ccccc54)c3)c3sc4ccccc4c23)c1. The Hall–Kier alpha value is -8.44. The lowest BCUT2D eigenvalue weighted by Crippen LogP contribution is -2.11. The molecule has 0 N–H and O–H groups in total. The fourth-order valence-electron chi connectivity index (χ4n) is 10.7. The van der Waals surface area contributed by atoms with Crippen LogP contribution in [0.4, 0.5) is 17.1 Å². The topological polar surface area (TPSA) is 21.3 Å². The zero-order valence-electron chi connectivity index (χ0n) is 35.7. The minimum absolute atomic E-state index is 0.896. The van der Waals surface area contributed by atoms with E-state index in [1.807, 2.05) is 17.4 Å². The Morgan fingerprint density at radius 2 is 1.02 bits per heavy atom. The quantitative estimate of drug-likeness (QED) is 0.155. The van der Waals surface area contributed by atoms with Gasteiger partial charge in [-0.25, -0.2) is 0 Å². The van der Waals surface area contributed by atoms with Crippen molar-refractivity contribution in [2.75, 3.05) is 4.90 Å². The molecule has 0 fully saturated rings. The van der Waals surface area contributed by atoms with Crippen molar-refractivity contribution in [3.05, 3.63) is 231 Å². The van der Waals surface area contributed by atoms with Crippen molar-refractivity contribution in [1.82, 2.24) is 4.57 Å². The predicted molar refractivity (Wildman–Crippen MR) is 282 cm³/mol. The average Bonchev–Trinajstić information content (AvgIpc) is 4.07. The number of para-hydroxylation sites is 4. The highest BCUT2D eigenvalue weighted by molar-refractivity contribution is 7.26. The average molecular weight is 859 g/mol. The predicted octanol–water partition coefficient (Wildman–Crippen LogP) is 18.2. The minimum atomic E-state index is 0.896. The van der Waals surface area contributed by atoms with E-state index in [1.54, 1.807) is 0 Å². The molecule has 0 aliphatic heterocycles. The summed E-state index contributed by atoms with van der Waals surface area (Å²) in [6.45, 7) is 0. The van der Waals surface area contributed by atoms with Crippen LogP contribution in [0.5, 0.6) is 0 Å². The van der Waals surface area contributed by atoms with Gasteiger partial charge in [-0.05, 0) is 93.5 Å². The summed E-state index contributed by atoms with van der Waals surface area (Å²) in [7, 11) is 0. The van der Waals surface area contributed by atoms with Crippen LogP contribution in [0.25, 0.3) is 113 Å². The van der Waals surface area contributed by atoms with E-state index in [0.717, 1.165) is 55.8 Å². The Balaban J connectivity index is 1.03. The van der Waals surface area contributed by atoms with Gasteiger partial charge in [0.1, 0.15) is 11.2 Å². The van der Waals surface area contributed by atoms with Crippen LogP contribution in [0.2, 0.25) is 0 Å². The number of furan rings is 1. The first-order chi connectivity index (χ1) is 32.7. The van der Waals surface area contributed by atoms with Crippen LogP contribution in [0.15, 0.2) is 235 Å². The Labute approximate surface area is 384 Å². The van der Waals surface area contributed by atoms with Crippen LogP contribution in [-0.2, 0) is 0 Å². The van der Waals surface area contributed by atoms with E-state index in [2.05, 4.69) is 234 Å². The maximum absolute atomic E-state index is 6.62. The molecule has 0 saturated carbocycles. The van der Waals surface area contributed by atoms with Crippen molar-refractivity contribution in [2.45, 2.75) is 0 Å². The van der Waals surface area contributed by atoms with Gasteiger partial charge < -0.3 is 13.9 Å². The smallest absolute Gasteiger partial charge is 0.143 e. The van der Waals surface area contributed by atoms with E-state index in [0.29, 0.717) is 0 Å². The molecule has 0 aliphatic carbocycles. The molecule has 4 heteroatoms. The van der Waals surface area contributed by atoms with Crippen LogP contribution in [-0.4, -0.2) is 4.57 Å². The molecule has 3 nitrogen and oxygen atoms in total. The highest BCUT2D eigenvalue weighted by atomic mass is 32.1. The Kier molecular flexibility index (Phi) is 8.15. The number of thiophene rings is 1. The molecular formula is C62H38N2OS. The zero-order valence-corrected chi connectivity index (χ0v) is 36.5. The van der Waals surface area contributed by atoms with E-state index in [4.69, 9.17) is 4.42 Å². The molecule has 3 aromatic heterocycles. The largest absolute Gasteiger partial charge is 0.455 e. The molecule has 0 radical (unpaired) electrons. The number of rotatable bonds is 6. The second-order valence-corrected chi connectivity index (χ2v) is 18.2. The molecule has 0 spiro atoms. The van der Waals surface area contributed by atoms with Crippen LogP contribution in [0.3, 0.4) is 0 Å². The highest BCUT2D eigenvalue weighted by Crippen LogP contribution is 2.51. The van der Waals surface area contributed by atoms with Gasteiger partial charge in [-0.3, -0.25) is 0 Å². The van der Waals surface area contributed by atoms with Crippen molar-refractivity contribution in [1.29, 1.82) is 0 Å². The standard InChI is InChI=1S/C62H38N2OS/c1-2-21-44-41(16-1)38-57(48-23-4-3-22-47(44)48)64(43-20-13-17-39(36-43)45-28-15-29-52-51-26-7-11-32-58(51)65-61(45)52)56-35-34-46(62-60(56)53-27-8-12-33-59(53)66-62)40-18-14-19-42(37-40)63-54-30-9-5-24-49(54)50-25-6-10-31-55(50)63/h1-38H. The molecule has 0 bridgehead atoms. The number of hydrogen-bond donors (Lipinski definition) is 0. The van der Waals surface area contributed by atoms with E-state index in [1.165, 1.54) is 74.6 Å². The fraction of sp³-hybridized carbons (Fsp3) is 0. The van der Waals surface area contributed by atoms with Gasteiger partial charge >= 0.3 is 0 Å². The Morgan fingerprint density at radius 3 is 1.83 bits per heavy atom. The number of fused-ring (bicyclic) bond motifs is 12. The third-order valence-corrected chi connectivity index (χ3v) is 14.8. The number of aromatic nitrogens is 1. The van der Waals surface area contributed by atoms with Gasteiger partial charge in [0.25, 0.3) is 0 Å². The van der Waals surface area contributed by atoms with Gasteiger partial charge in [0, 0.05) is 64.0 Å². The molecule has 11 aromatic carbocycles. The molecule has 0 unspecified atom stereocenters. The van der Waals surface area contributed by atoms with Gasteiger partial charge in [-0.2, -0.15) is 0 Å². The maximum Gasteiger partial charge on any atom is 0.143 e. The number of benzene rings is 11. The van der Waals surface area contributed by atoms with Crippen LogP contribution >= 0.6 is 11.3 Å². The molecule has 0 saturated heterocycles. The second kappa shape index (κ2) is 14.5. The summed E-state index contributed by atoms with van der Waals surface area (Å²) in [6.07, 6.45) is 0. The van der Waals surface area contributed by atoms with Gasteiger partial charge in [-0.1, -0.05) is 170 Å². The molecule has 14 aromatic rings. The van der Waals surface area contributed by atoms with Crippen LogP contribution in [0.1, 0.15) is 0 Å². The lowest BCUT2D eigenvalue weighted by atomic mass is 9.96. The lowest BCUT2D eigenvalue weighted by Gasteiger charge is -2.29. The van der Waals surface area contributed by atoms with E-state index < -0.39 is 0 Å². The summed E-state index contributed by atoms with van der Waals surface area (Å²) < 4.78 is 11.6. The van der Waals surface area contributed by atoms with Gasteiger partial charge in [-0.15, -0.1) is 11.3 Å². The molecule has 0 atom stereocenters. The summed E-state index contributed by atoms with van der Waals surface area (Å²) in [5, 5.41) is 12.1. The molecule has 3 heterocycles. The normalized spacial score (nSPS) is 11.9. The molecule has 66 heavy (non-hydrogen) atoms. The van der Waals surface area contributed by atoms with Crippen molar-refractivity contribution < 1.29 is 4.42 Å². The molecular weight excluding hydrogens is 821 g/mol. The van der Waals surface area contributed by atoms with E-state index in [-0.39, 0.29) is 0 Å². The molecule has 0 aliphatic rings. The highest BCUT2D eigenvalue weighted by Gasteiger charge is 2.24. The molecule has 14 rings (SSSR count). The van der Waals surface area contributed by atoms with Gasteiger partial charge in [0.2, 0.25) is 0 Å². The van der Waals surface area contributed by atoms with E-state index >= 15 is 0 Å². The van der Waals surface area contributed by atoms with Crippen molar-refractivity contribution in [2.24, 2.45) is 0 Å². The number of nitrogens with zero attached hydrogens (tertiary/aromatic N) is 2. The minimum Gasteiger partial charge on any atom is -0.455 e. The number of hydrogen-bond acceptors (Lipinski definition) is 3. The summed E-state index contributed by atoms with van der Waals surface area (Å²) in [6, 6.07) is 84.1. The van der Waals surface area contributed by atoms with Crippen molar-refractivity contribution in [3.8, 4) is 27.9 Å². The van der Waals surface area contributed by atoms with Crippen molar-refractivity contribution in [3.63, 3.8) is 0 Å². The zero-order chi connectivity index (χ0) is 43.3. The van der Waals surface area contributed by atoms with E-state index in [9.17, 15) is 0 Å². The Bertz CT molecular complexity index is 4210. The summed E-state index contributed by atoms with van der Waals surface area (Å²) in [5.41, 5.74) is 13.2. The summed E-state index contributed by atoms with van der Waals surface area (Å²) >= 11 is 1.88. The molecule has 0 amide bonds. The molecule has 308 valence electrons. The monoisotopic (exact) mass is 858 g/mol. The maximum atomic E-state index is 6.62. The number of anilines is 3. The van der Waals surface area contributed by atoms with Crippen molar-refractivity contribution >= 4 is 114 Å². The fourth-order valence-corrected chi connectivity index (χ4v) is 11.9. The first-order valence-corrected chi connectivity index (χ1v) is 23.3. The van der Waals surface area contributed by atoms with Gasteiger partial charge in [0.05, 0.1) is 22.4 Å². The third-order valence-electron chi connectivity index (χ3n) is 13.5. The van der Waals surface area contributed by atoms with Gasteiger partial charge in [0.15, 0.2) is 0 Å². The Morgan fingerprint density at radius 1 is 0.394 bits per heavy atom. The second-order valence-electron chi connectivity index (χ2n) is 17.2. The first kappa shape index (κ1) is 37.0. The van der Waals surface area contributed by atoms with Crippen LogP contribution in [0, 0.1) is 0 Å². The van der Waals surface area contributed by atoms with Crippen LogP contribution < -0.4 is 4.90 Å². The summed E-state index contributed by atoms with van der Waals surface area (Å²) in [5.74, 6) is 0.